The standard InChI is InChI=1S/C17H14FN5O2S/c1-7-14-12(22-16(19)20-7)5-11(21-15(14)24)9-3-2-8(18)4-10(9)13-6-26-17(25)23-13/h2-4,6,11H,5H2,1H3,(H,21,24)(H,23,25)(H2,19,20,22)/t11-/m1/s1. The molecule has 0 unspecified atom stereocenters. The molecule has 1 atom stereocenters. The number of aryl methyl sites for hydroxylation is 1. The molecule has 1 aliphatic rings. The van der Waals surface area contributed by atoms with E-state index >= 15 is 0 Å². The summed E-state index contributed by atoms with van der Waals surface area (Å²) in [6, 6.07) is 3.84. The lowest BCUT2D eigenvalue weighted by Gasteiger charge is -2.27. The van der Waals surface area contributed by atoms with Gasteiger partial charge in [-0.1, -0.05) is 17.4 Å². The number of anilines is 1. The van der Waals surface area contributed by atoms with Crippen molar-refractivity contribution in [2.24, 2.45) is 0 Å². The third-order valence-electron chi connectivity index (χ3n) is 4.31. The van der Waals surface area contributed by atoms with Crippen LogP contribution in [0.25, 0.3) is 11.3 Å². The highest BCUT2D eigenvalue weighted by Gasteiger charge is 2.30. The molecule has 0 bridgehead atoms. The van der Waals surface area contributed by atoms with Crippen molar-refractivity contribution in [1.82, 2.24) is 20.3 Å². The van der Waals surface area contributed by atoms with Crippen LogP contribution in [0.1, 0.15) is 33.4 Å². The summed E-state index contributed by atoms with van der Waals surface area (Å²) in [5.74, 6) is -0.625. The van der Waals surface area contributed by atoms with E-state index in [0.717, 1.165) is 11.3 Å². The normalized spacial score (nSPS) is 16.2. The number of nitrogens with zero attached hydrogens (tertiary/aromatic N) is 2. The number of carbonyl (C=O) groups excluding carboxylic acids is 1. The zero-order chi connectivity index (χ0) is 18.4. The second-order valence-corrected chi connectivity index (χ2v) is 6.85. The van der Waals surface area contributed by atoms with E-state index in [-0.39, 0.29) is 16.7 Å². The van der Waals surface area contributed by atoms with Crippen LogP contribution >= 0.6 is 11.3 Å². The summed E-state index contributed by atoms with van der Waals surface area (Å²) in [6.07, 6.45) is 0.391. The van der Waals surface area contributed by atoms with Gasteiger partial charge in [-0.05, 0) is 24.6 Å². The van der Waals surface area contributed by atoms with Crippen LogP contribution < -0.4 is 15.9 Å². The number of halogens is 1. The van der Waals surface area contributed by atoms with E-state index < -0.39 is 11.9 Å². The molecule has 0 saturated carbocycles. The predicted molar refractivity (Wildman–Crippen MR) is 95.4 cm³/mol. The quantitative estimate of drug-likeness (QED) is 0.637. The number of hydrogen-bond acceptors (Lipinski definition) is 6. The maximum absolute atomic E-state index is 13.8. The topological polar surface area (TPSA) is 114 Å². The molecule has 0 fully saturated rings. The molecular formula is C17H14FN5O2S. The molecular weight excluding hydrogens is 357 g/mol. The molecule has 132 valence electrons. The van der Waals surface area contributed by atoms with E-state index in [4.69, 9.17) is 5.73 Å². The number of aromatic amines is 1. The lowest BCUT2D eigenvalue weighted by molar-refractivity contribution is 0.0922. The zero-order valence-electron chi connectivity index (χ0n) is 13.7. The van der Waals surface area contributed by atoms with Gasteiger partial charge in [0.1, 0.15) is 5.82 Å². The van der Waals surface area contributed by atoms with E-state index in [2.05, 4.69) is 20.3 Å². The van der Waals surface area contributed by atoms with Gasteiger partial charge >= 0.3 is 4.87 Å². The Labute approximate surface area is 151 Å². The van der Waals surface area contributed by atoms with Crippen molar-refractivity contribution in [3.8, 4) is 11.3 Å². The monoisotopic (exact) mass is 371 g/mol. The Bertz CT molecular complexity index is 1090. The molecule has 26 heavy (non-hydrogen) atoms. The minimum Gasteiger partial charge on any atom is -0.368 e. The molecule has 1 aromatic carbocycles. The van der Waals surface area contributed by atoms with Crippen LogP contribution in [0.2, 0.25) is 0 Å². The van der Waals surface area contributed by atoms with Crippen molar-refractivity contribution in [1.29, 1.82) is 0 Å². The van der Waals surface area contributed by atoms with Gasteiger partial charge in [-0.15, -0.1) is 0 Å². The molecule has 9 heteroatoms. The van der Waals surface area contributed by atoms with Crippen molar-refractivity contribution in [3.63, 3.8) is 0 Å². The molecule has 7 nitrogen and oxygen atoms in total. The van der Waals surface area contributed by atoms with Crippen molar-refractivity contribution >= 4 is 23.2 Å². The Balaban J connectivity index is 1.82. The fourth-order valence-electron chi connectivity index (χ4n) is 3.24. The molecule has 0 saturated heterocycles. The number of thiazole rings is 1. The van der Waals surface area contributed by atoms with Gasteiger partial charge in [-0.2, -0.15) is 0 Å². The number of nitrogens with one attached hydrogen (secondary N) is 2. The first-order chi connectivity index (χ1) is 12.4. The molecule has 3 aromatic rings. The highest BCUT2D eigenvalue weighted by Crippen LogP contribution is 2.33. The van der Waals surface area contributed by atoms with Crippen molar-refractivity contribution in [2.45, 2.75) is 19.4 Å². The Morgan fingerprint density at radius 2 is 2.12 bits per heavy atom. The highest BCUT2D eigenvalue weighted by molar-refractivity contribution is 7.07. The van der Waals surface area contributed by atoms with Gasteiger partial charge in [0, 0.05) is 17.4 Å². The molecule has 4 N–H and O–H groups in total. The first-order valence-electron chi connectivity index (χ1n) is 7.84. The van der Waals surface area contributed by atoms with Gasteiger partial charge in [0.15, 0.2) is 0 Å². The number of benzene rings is 1. The SMILES string of the molecule is Cc1nc(N)nc2c1C(=O)N[C@@H](c1ccc(F)cc1-c1csc(=O)[nH]1)C2. The molecule has 0 spiro atoms. The smallest absolute Gasteiger partial charge is 0.304 e. The minimum absolute atomic E-state index is 0.108. The van der Waals surface area contributed by atoms with E-state index in [0.29, 0.717) is 40.2 Å². The lowest BCUT2D eigenvalue weighted by Crippen LogP contribution is -2.37. The Kier molecular flexibility index (Phi) is 3.80. The summed E-state index contributed by atoms with van der Waals surface area (Å²) in [5, 5.41) is 4.54. The maximum atomic E-state index is 13.8. The van der Waals surface area contributed by atoms with E-state index in [1.165, 1.54) is 12.1 Å². The summed E-state index contributed by atoms with van der Waals surface area (Å²) in [6.45, 7) is 1.70. The molecule has 4 rings (SSSR count). The first kappa shape index (κ1) is 16.4. The second kappa shape index (κ2) is 6.03. The van der Waals surface area contributed by atoms with Gasteiger partial charge in [-0.25, -0.2) is 14.4 Å². The number of nitrogens with two attached hydrogens (primary N) is 1. The number of amides is 1. The maximum Gasteiger partial charge on any atom is 0.304 e. The molecule has 3 heterocycles. The molecule has 0 aliphatic carbocycles. The Morgan fingerprint density at radius 3 is 2.85 bits per heavy atom. The number of carbonyl (C=O) groups is 1. The van der Waals surface area contributed by atoms with Crippen molar-refractivity contribution in [2.75, 3.05) is 5.73 Å². The third-order valence-corrected chi connectivity index (χ3v) is 4.98. The lowest BCUT2D eigenvalue weighted by atomic mass is 9.90. The summed E-state index contributed by atoms with van der Waals surface area (Å²) < 4.78 is 13.8. The number of hydrogen-bond donors (Lipinski definition) is 3. The largest absolute Gasteiger partial charge is 0.368 e. The molecule has 0 radical (unpaired) electrons. The Morgan fingerprint density at radius 1 is 1.31 bits per heavy atom. The number of H-pyrrole nitrogens is 1. The fraction of sp³-hybridized carbons (Fsp3) is 0.176. The van der Waals surface area contributed by atoms with Gasteiger partial charge in [-0.3, -0.25) is 9.59 Å². The summed E-state index contributed by atoms with van der Waals surface area (Å²) in [4.78, 5) is 34.7. The van der Waals surface area contributed by atoms with Crippen molar-refractivity contribution < 1.29 is 9.18 Å². The summed E-state index contributed by atoms with van der Waals surface area (Å²) in [7, 11) is 0. The number of rotatable bonds is 2. The van der Waals surface area contributed by atoms with Crippen LogP contribution in [0.5, 0.6) is 0 Å². The van der Waals surface area contributed by atoms with Gasteiger partial charge in [0.2, 0.25) is 5.95 Å². The van der Waals surface area contributed by atoms with Crippen molar-refractivity contribution in [3.05, 3.63) is 61.6 Å². The zero-order valence-corrected chi connectivity index (χ0v) is 14.5. The van der Waals surface area contributed by atoms with E-state index in [1.807, 2.05) is 0 Å². The van der Waals surface area contributed by atoms with Crippen LogP contribution in [0.15, 0.2) is 28.4 Å². The fourth-order valence-corrected chi connectivity index (χ4v) is 3.82. The first-order valence-corrected chi connectivity index (χ1v) is 8.72. The number of fused-ring (bicyclic) bond motifs is 1. The van der Waals surface area contributed by atoms with Gasteiger partial charge < -0.3 is 16.0 Å². The minimum atomic E-state index is -0.430. The highest BCUT2D eigenvalue weighted by atomic mass is 32.1. The summed E-state index contributed by atoms with van der Waals surface area (Å²) >= 11 is 0.995. The molecule has 1 aliphatic heterocycles. The van der Waals surface area contributed by atoms with Crippen LogP contribution in [0, 0.1) is 12.7 Å². The van der Waals surface area contributed by atoms with Crippen LogP contribution in [-0.4, -0.2) is 20.9 Å². The van der Waals surface area contributed by atoms with Crippen LogP contribution in [0.3, 0.4) is 0 Å². The predicted octanol–water partition coefficient (Wildman–Crippen LogP) is 1.95. The van der Waals surface area contributed by atoms with Gasteiger partial charge in [0.25, 0.3) is 5.91 Å². The van der Waals surface area contributed by atoms with Crippen LogP contribution in [-0.2, 0) is 6.42 Å². The van der Waals surface area contributed by atoms with E-state index in [1.54, 1.807) is 18.4 Å². The third kappa shape index (κ3) is 2.76. The number of aromatic nitrogens is 3. The second-order valence-electron chi connectivity index (χ2n) is 6.01. The summed E-state index contributed by atoms with van der Waals surface area (Å²) in [5.41, 5.74) is 8.93. The average molecular weight is 371 g/mol. The number of nitrogen functional groups attached to an aromatic ring is 1. The van der Waals surface area contributed by atoms with Crippen LogP contribution in [0.4, 0.5) is 10.3 Å². The Hall–Kier alpha value is -3.07. The van der Waals surface area contributed by atoms with E-state index in [9.17, 15) is 14.0 Å². The average Bonchev–Trinajstić information content (AvgIpc) is 3.00. The molecule has 2 aromatic heterocycles. The molecule has 1 amide bonds. The van der Waals surface area contributed by atoms with Gasteiger partial charge in [0.05, 0.1) is 28.7 Å².